The number of sulfone groups is 1. The molecule has 0 spiro atoms. The van der Waals surface area contributed by atoms with Gasteiger partial charge < -0.3 is 10.4 Å². The number of nitrogens with one attached hydrogen (secondary N) is 1. The topological polar surface area (TPSA) is 66.4 Å². The highest BCUT2D eigenvalue weighted by Crippen LogP contribution is 2.10. The number of hydrogen-bond donors (Lipinski definition) is 2. The van der Waals surface area contributed by atoms with Crippen LogP contribution in [-0.4, -0.2) is 38.0 Å². The maximum atomic E-state index is 12.0. The highest BCUT2D eigenvalue weighted by atomic mass is 32.2. The summed E-state index contributed by atoms with van der Waals surface area (Å²) in [5, 5.41) is 12.8. The summed E-state index contributed by atoms with van der Waals surface area (Å²) < 4.78 is 24.0. The number of benzene rings is 1. The Morgan fingerprint density at radius 2 is 2.00 bits per heavy atom. The van der Waals surface area contributed by atoms with Gasteiger partial charge in [0.25, 0.3) is 0 Å². The molecule has 1 rings (SSSR count). The number of hydrogen-bond acceptors (Lipinski definition) is 4. The molecule has 0 amide bonds. The van der Waals surface area contributed by atoms with Crippen molar-refractivity contribution in [1.29, 1.82) is 0 Å². The van der Waals surface area contributed by atoms with Gasteiger partial charge in [-0.3, -0.25) is 0 Å². The fraction of sp³-hybridized carbons (Fsp3) is 0.571. The summed E-state index contributed by atoms with van der Waals surface area (Å²) >= 11 is 0. The standard InChI is InChI=1S/C14H23NO3S/c1-11(2)15-8-14(16)10-19(17,18)9-13-6-4-5-12(3)7-13/h4-7,11,14-16H,8-10H2,1-3H3. The van der Waals surface area contributed by atoms with Crippen LogP contribution in [0, 0.1) is 6.92 Å². The normalized spacial score (nSPS) is 13.7. The van der Waals surface area contributed by atoms with Gasteiger partial charge in [0.2, 0.25) is 0 Å². The second-order valence-electron chi connectivity index (χ2n) is 5.26. The van der Waals surface area contributed by atoms with Gasteiger partial charge in [0.15, 0.2) is 9.84 Å². The van der Waals surface area contributed by atoms with Crippen LogP contribution in [0.25, 0.3) is 0 Å². The zero-order valence-corrected chi connectivity index (χ0v) is 12.6. The Balaban J connectivity index is 2.56. The Labute approximate surface area is 115 Å². The van der Waals surface area contributed by atoms with Crippen molar-refractivity contribution in [3.8, 4) is 0 Å². The summed E-state index contributed by atoms with van der Waals surface area (Å²) in [5.74, 6) is -0.228. The Bertz CT molecular complexity index is 497. The predicted octanol–water partition coefficient (Wildman–Crippen LogP) is 1.27. The van der Waals surface area contributed by atoms with E-state index in [1.54, 1.807) is 6.07 Å². The molecular formula is C14H23NO3S. The monoisotopic (exact) mass is 285 g/mol. The number of aliphatic hydroxyl groups excluding tert-OH is 1. The van der Waals surface area contributed by atoms with Crippen LogP contribution in [0.15, 0.2) is 24.3 Å². The van der Waals surface area contributed by atoms with E-state index in [0.717, 1.165) is 11.1 Å². The van der Waals surface area contributed by atoms with E-state index in [1.807, 2.05) is 39.0 Å². The third-order valence-corrected chi connectivity index (χ3v) is 4.34. The third-order valence-electron chi connectivity index (χ3n) is 2.68. The van der Waals surface area contributed by atoms with E-state index in [-0.39, 0.29) is 17.5 Å². The number of aryl methyl sites for hydroxylation is 1. The van der Waals surface area contributed by atoms with Crippen LogP contribution in [0.3, 0.4) is 0 Å². The Morgan fingerprint density at radius 3 is 2.58 bits per heavy atom. The lowest BCUT2D eigenvalue weighted by Gasteiger charge is -2.14. The second-order valence-corrected chi connectivity index (χ2v) is 7.37. The molecule has 1 atom stereocenters. The average molecular weight is 285 g/mol. The Morgan fingerprint density at radius 1 is 1.32 bits per heavy atom. The molecule has 0 saturated carbocycles. The fourth-order valence-electron chi connectivity index (χ4n) is 1.84. The molecule has 0 saturated heterocycles. The van der Waals surface area contributed by atoms with Gasteiger partial charge in [-0.1, -0.05) is 43.7 Å². The van der Waals surface area contributed by atoms with Gasteiger partial charge in [0.1, 0.15) is 0 Å². The van der Waals surface area contributed by atoms with Crippen molar-refractivity contribution in [3.63, 3.8) is 0 Å². The van der Waals surface area contributed by atoms with E-state index in [1.165, 1.54) is 0 Å². The molecule has 1 unspecified atom stereocenters. The highest BCUT2D eigenvalue weighted by molar-refractivity contribution is 7.90. The van der Waals surface area contributed by atoms with Crippen molar-refractivity contribution in [2.24, 2.45) is 0 Å². The predicted molar refractivity (Wildman–Crippen MR) is 77.8 cm³/mol. The molecule has 19 heavy (non-hydrogen) atoms. The van der Waals surface area contributed by atoms with E-state index in [0.29, 0.717) is 6.54 Å². The quantitative estimate of drug-likeness (QED) is 0.792. The first-order valence-corrected chi connectivity index (χ1v) is 8.28. The largest absolute Gasteiger partial charge is 0.391 e. The van der Waals surface area contributed by atoms with Crippen LogP contribution in [-0.2, 0) is 15.6 Å². The summed E-state index contributed by atoms with van der Waals surface area (Å²) in [6, 6.07) is 7.66. The molecule has 0 fully saturated rings. The van der Waals surface area contributed by atoms with Gasteiger partial charge in [-0.25, -0.2) is 8.42 Å². The van der Waals surface area contributed by atoms with E-state index >= 15 is 0 Å². The van der Waals surface area contributed by atoms with Gasteiger partial charge in [0.05, 0.1) is 17.6 Å². The molecular weight excluding hydrogens is 262 g/mol. The smallest absolute Gasteiger partial charge is 0.157 e. The Kier molecular flexibility index (Phi) is 5.97. The summed E-state index contributed by atoms with van der Waals surface area (Å²) in [5.41, 5.74) is 1.80. The van der Waals surface area contributed by atoms with Crippen LogP contribution >= 0.6 is 0 Å². The summed E-state index contributed by atoms with van der Waals surface area (Å²) in [6.45, 7) is 6.13. The van der Waals surface area contributed by atoms with Crippen molar-refractivity contribution < 1.29 is 13.5 Å². The summed E-state index contributed by atoms with van der Waals surface area (Å²) in [7, 11) is -3.29. The van der Waals surface area contributed by atoms with Crippen LogP contribution in [0.4, 0.5) is 0 Å². The van der Waals surface area contributed by atoms with Crippen LogP contribution < -0.4 is 5.32 Å². The lowest BCUT2D eigenvalue weighted by atomic mass is 10.2. The van der Waals surface area contributed by atoms with Crippen LogP contribution in [0.5, 0.6) is 0 Å². The molecule has 0 heterocycles. The average Bonchev–Trinajstić information content (AvgIpc) is 2.24. The summed E-state index contributed by atoms with van der Waals surface area (Å²) in [6.07, 6.45) is -0.864. The SMILES string of the molecule is Cc1cccc(CS(=O)(=O)CC(O)CNC(C)C)c1. The molecule has 0 aliphatic rings. The zero-order valence-electron chi connectivity index (χ0n) is 11.8. The van der Waals surface area contributed by atoms with Crippen molar-refractivity contribution in [3.05, 3.63) is 35.4 Å². The second kappa shape index (κ2) is 7.03. The molecule has 1 aromatic rings. The van der Waals surface area contributed by atoms with Gasteiger partial charge in [0, 0.05) is 12.6 Å². The molecule has 0 aromatic heterocycles. The zero-order chi connectivity index (χ0) is 14.5. The molecule has 0 aliphatic heterocycles. The number of rotatable bonds is 7. The van der Waals surface area contributed by atoms with Gasteiger partial charge in [-0.2, -0.15) is 0 Å². The van der Waals surface area contributed by atoms with E-state index in [2.05, 4.69) is 5.32 Å². The minimum absolute atomic E-state index is 0.0204. The molecule has 2 N–H and O–H groups in total. The van der Waals surface area contributed by atoms with E-state index in [9.17, 15) is 13.5 Å². The molecule has 0 aliphatic carbocycles. The van der Waals surface area contributed by atoms with Crippen LogP contribution in [0.1, 0.15) is 25.0 Å². The van der Waals surface area contributed by atoms with E-state index < -0.39 is 15.9 Å². The van der Waals surface area contributed by atoms with Crippen LogP contribution in [0.2, 0.25) is 0 Å². The Hall–Kier alpha value is -0.910. The third kappa shape index (κ3) is 6.71. The lowest BCUT2D eigenvalue weighted by Crippen LogP contribution is -2.36. The van der Waals surface area contributed by atoms with Crippen molar-refractivity contribution in [1.82, 2.24) is 5.32 Å². The van der Waals surface area contributed by atoms with E-state index in [4.69, 9.17) is 0 Å². The van der Waals surface area contributed by atoms with Gasteiger partial charge in [-0.05, 0) is 12.5 Å². The maximum absolute atomic E-state index is 12.0. The number of aliphatic hydroxyl groups is 1. The van der Waals surface area contributed by atoms with Crippen molar-refractivity contribution in [2.45, 2.75) is 38.7 Å². The first-order chi connectivity index (χ1) is 8.78. The molecule has 1 aromatic carbocycles. The molecule has 0 radical (unpaired) electrons. The first-order valence-electron chi connectivity index (χ1n) is 6.46. The van der Waals surface area contributed by atoms with Crippen molar-refractivity contribution in [2.75, 3.05) is 12.3 Å². The minimum atomic E-state index is -3.29. The highest BCUT2D eigenvalue weighted by Gasteiger charge is 2.18. The minimum Gasteiger partial charge on any atom is -0.391 e. The molecule has 0 bridgehead atoms. The van der Waals surface area contributed by atoms with Gasteiger partial charge in [-0.15, -0.1) is 0 Å². The first kappa shape index (κ1) is 16.1. The van der Waals surface area contributed by atoms with Crippen molar-refractivity contribution >= 4 is 9.84 Å². The maximum Gasteiger partial charge on any atom is 0.157 e. The summed E-state index contributed by atoms with van der Waals surface area (Å²) in [4.78, 5) is 0. The molecule has 108 valence electrons. The lowest BCUT2D eigenvalue weighted by molar-refractivity contribution is 0.190. The van der Waals surface area contributed by atoms with Gasteiger partial charge >= 0.3 is 0 Å². The molecule has 5 heteroatoms. The fourth-order valence-corrected chi connectivity index (χ4v) is 3.35. The molecule has 4 nitrogen and oxygen atoms in total.